The first-order chi connectivity index (χ1) is 13.8. The maximum Gasteiger partial charge on any atom is 0.222 e. The predicted molar refractivity (Wildman–Crippen MR) is 118 cm³/mol. The van der Waals surface area contributed by atoms with E-state index in [1.807, 2.05) is 6.92 Å². The van der Waals surface area contributed by atoms with Crippen LogP contribution in [0.15, 0.2) is 24.4 Å². The summed E-state index contributed by atoms with van der Waals surface area (Å²) in [6.45, 7) is 10.2. The number of pyridine rings is 2. The van der Waals surface area contributed by atoms with Crippen molar-refractivity contribution in [3.05, 3.63) is 40.7 Å². The minimum atomic E-state index is -1.31. The van der Waals surface area contributed by atoms with E-state index in [4.69, 9.17) is 26.9 Å². The standard InChI is InChI=1S/C16H18ClN3O3.C6H14/c1-3-23-16-10(5-4-6-19-16)12-7-11(17)9(2)15(20-12)14(18)13(22)8-21;1-4-5-6(2)3/h4-7,13,18,21-22H,3,8H2,1-2H3;6H,4-5H2,1-3H3. The van der Waals surface area contributed by atoms with Gasteiger partial charge in [-0.15, -0.1) is 0 Å². The molecule has 3 N–H and O–H groups in total. The van der Waals surface area contributed by atoms with E-state index in [-0.39, 0.29) is 11.4 Å². The summed E-state index contributed by atoms with van der Waals surface area (Å²) in [7, 11) is 0. The van der Waals surface area contributed by atoms with E-state index >= 15 is 0 Å². The van der Waals surface area contributed by atoms with E-state index in [0.29, 0.717) is 34.3 Å². The SMILES string of the molecule is CCCC(C)C.CCOc1ncccc1-c1cc(Cl)c(C)c(C(=N)C(O)CO)n1. The Hall–Kier alpha value is -2.02. The summed E-state index contributed by atoms with van der Waals surface area (Å²) in [5.74, 6) is 1.32. The summed E-state index contributed by atoms with van der Waals surface area (Å²) >= 11 is 6.25. The molecule has 1 unspecified atom stereocenters. The summed E-state index contributed by atoms with van der Waals surface area (Å²) in [6.07, 6.45) is 3.01. The van der Waals surface area contributed by atoms with Gasteiger partial charge in [0.2, 0.25) is 5.88 Å². The van der Waals surface area contributed by atoms with Crippen LogP contribution in [0.25, 0.3) is 11.3 Å². The Kier molecular flexibility index (Phi) is 10.8. The molecule has 1 atom stereocenters. The lowest BCUT2D eigenvalue weighted by Crippen LogP contribution is -2.26. The molecule has 0 saturated carbocycles. The monoisotopic (exact) mass is 421 g/mol. The number of ether oxygens (including phenoxy) is 1. The molecule has 0 fully saturated rings. The molecule has 2 heterocycles. The largest absolute Gasteiger partial charge is 0.477 e. The van der Waals surface area contributed by atoms with Crippen LogP contribution < -0.4 is 4.74 Å². The zero-order valence-corrected chi connectivity index (χ0v) is 18.6. The van der Waals surface area contributed by atoms with Crippen LogP contribution in [0, 0.1) is 18.3 Å². The van der Waals surface area contributed by atoms with Crippen molar-refractivity contribution < 1.29 is 14.9 Å². The van der Waals surface area contributed by atoms with Gasteiger partial charge in [-0.2, -0.15) is 0 Å². The van der Waals surface area contributed by atoms with E-state index in [9.17, 15) is 5.11 Å². The first-order valence-electron chi connectivity index (χ1n) is 9.89. The van der Waals surface area contributed by atoms with Crippen LogP contribution in [0.1, 0.15) is 51.8 Å². The van der Waals surface area contributed by atoms with Crippen LogP contribution >= 0.6 is 11.6 Å². The Balaban J connectivity index is 0.000000612. The summed E-state index contributed by atoms with van der Waals surface area (Å²) in [5.41, 5.74) is 1.75. The second-order valence-electron chi connectivity index (χ2n) is 7.05. The fourth-order valence-electron chi connectivity index (χ4n) is 2.64. The van der Waals surface area contributed by atoms with Gasteiger partial charge in [-0.25, -0.2) is 9.97 Å². The van der Waals surface area contributed by atoms with Crippen molar-refractivity contribution in [2.75, 3.05) is 13.2 Å². The highest BCUT2D eigenvalue weighted by atomic mass is 35.5. The minimum Gasteiger partial charge on any atom is -0.477 e. The maximum absolute atomic E-state index is 9.70. The van der Waals surface area contributed by atoms with Crippen LogP contribution in [-0.4, -0.2) is 45.2 Å². The smallest absolute Gasteiger partial charge is 0.222 e. The molecule has 0 saturated heterocycles. The lowest BCUT2D eigenvalue weighted by atomic mass is 10.0. The molecule has 160 valence electrons. The molecule has 0 aromatic carbocycles. The van der Waals surface area contributed by atoms with Crippen LogP contribution in [0.4, 0.5) is 0 Å². The van der Waals surface area contributed by atoms with Gasteiger partial charge < -0.3 is 20.4 Å². The Morgan fingerprint density at radius 3 is 2.52 bits per heavy atom. The van der Waals surface area contributed by atoms with Gasteiger partial charge in [-0.05, 0) is 43.5 Å². The third kappa shape index (κ3) is 7.38. The molecule has 0 radical (unpaired) electrons. The molecule has 0 amide bonds. The second-order valence-corrected chi connectivity index (χ2v) is 7.45. The van der Waals surface area contributed by atoms with Gasteiger partial charge in [0.25, 0.3) is 0 Å². The van der Waals surface area contributed by atoms with Gasteiger partial charge in [0, 0.05) is 11.2 Å². The fourth-order valence-corrected chi connectivity index (χ4v) is 2.83. The molecule has 29 heavy (non-hydrogen) atoms. The van der Waals surface area contributed by atoms with Gasteiger partial charge in [0.05, 0.1) is 35.9 Å². The number of nitrogens with one attached hydrogen (secondary N) is 1. The summed E-state index contributed by atoms with van der Waals surface area (Å²) in [4.78, 5) is 8.59. The Labute approximate surface area is 178 Å². The van der Waals surface area contributed by atoms with Crippen LogP contribution in [0.2, 0.25) is 5.02 Å². The topological polar surface area (TPSA) is 99.3 Å². The first kappa shape index (κ1) is 25.0. The molecule has 0 aliphatic carbocycles. The van der Waals surface area contributed by atoms with Crippen molar-refractivity contribution in [2.24, 2.45) is 5.92 Å². The number of aliphatic hydroxyl groups is 2. The van der Waals surface area contributed by atoms with Crippen molar-refractivity contribution in [3.8, 4) is 17.1 Å². The molecule has 6 nitrogen and oxygen atoms in total. The minimum absolute atomic E-state index is 0.185. The van der Waals surface area contributed by atoms with E-state index in [1.165, 1.54) is 12.8 Å². The lowest BCUT2D eigenvalue weighted by molar-refractivity contribution is 0.144. The third-order valence-electron chi connectivity index (χ3n) is 4.16. The molecule has 2 aromatic heterocycles. The van der Waals surface area contributed by atoms with E-state index in [1.54, 1.807) is 31.3 Å². The summed E-state index contributed by atoms with van der Waals surface area (Å²) < 4.78 is 5.49. The van der Waals surface area contributed by atoms with E-state index < -0.39 is 12.7 Å². The number of hydrogen-bond acceptors (Lipinski definition) is 6. The highest BCUT2D eigenvalue weighted by Crippen LogP contribution is 2.31. The first-order valence-corrected chi connectivity index (χ1v) is 10.3. The number of rotatable bonds is 8. The fraction of sp³-hybridized carbons (Fsp3) is 0.500. The van der Waals surface area contributed by atoms with Crippen molar-refractivity contribution in [1.29, 1.82) is 5.41 Å². The molecule has 2 rings (SSSR count). The van der Waals surface area contributed by atoms with Crippen LogP contribution in [0.5, 0.6) is 5.88 Å². The molecule has 0 spiro atoms. The average Bonchev–Trinajstić information content (AvgIpc) is 2.70. The summed E-state index contributed by atoms with van der Waals surface area (Å²) in [5, 5.41) is 27.1. The van der Waals surface area contributed by atoms with Gasteiger partial charge in [-0.3, -0.25) is 0 Å². The average molecular weight is 422 g/mol. The third-order valence-corrected chi connectivity index (χ3v) is 4.56. The molecule has 0 aliphatic heterocycles. The number of halogens is 1. The normalized spacial score (nSPS) is 11.6. The quantitative estimate of drug-likeness (QED) is 0.538. The molecule has 0 aliphatic rings. The molecular formula is C22H32ClN3O3. The molecular weight excluding hydrogens is 390 g/mol. The molecule has 2 aromatic rings. The number of nitrogens with zero attached hydrogens (tertiary/aromatic N) is 2. The Morgan fingerprint density at radius 1 is 1.31 bits per heavy atom. The van der Waals surface area contributed by atoms with Crippen molar-refractivity contribution in [1.82, 2.24) is 9.97 Å². The van der Waals surface area contributed by atoms with Gasteiger partial charge in [0.1, 0.15) is 6.10 Å². The Bertz CT molecular complexity index is 797. The zero-order valence-electron chi connectivity index (χ0n) is 17.9. The van der Waals surface area contributed by atoms with E-state index in [2.05, 4.69) is 30.7 Å². The number of hydrogen-bond donors (Lipinski definition) is 3. The highest BCUT2D eigenvalue weighted by molar-refractivity contribution is 6.32. The lowest BCUT2D eigenvalue weighted by Gasteiger charge is -2.15. The van der Waals surface area contributed by atoms with Crippen molar-refractivity contribution in [3.63, 3.8) is 0 Å². The van der Waals surface area contributed by atoms with Crippen molar-refractivity contribution in [2.45, 2.75) is 53.6 Å². The van der Waals surface area contributed by atoms with E-state index in [0.717, 1.165) is 5.92 Å². The van der Waals surface area contributed by atoms with Crippen molar-refractivity contribution >= 4 is 17.3 Å². The van der Waals surface area contributed by atoms with Crippen LogP contribution in [-0.2, 0) is 0 Å². The highest BCUT2D eigenvalue weighted by Gasteiger charge is 2.20. The van der Waals surface area contributed by atoms with Crippen LogP contribution in [0.3, 0.4) is 0 Å². The van der Waals surface area contributed by atoms with Gasteiger partial charge >= 0.3 is 0 Å². The number of aliphatic hydroxyl groups excluding tert-OH is 2. The molecule has 0 bridgehead atoms. The summed E-state index contributed by atoms with van der Waals surface area (Å²) in [6, 6.07) is 5.21. The predicted octanol–water partition coefficient (Wildman–Crippen LogP) is 4.67. The van der Waals surface area contributed by atoms with Gasteiger partial charge in [-0.1, -0.05) is 45.2 Å². The maximum atomic E-state index is 9.70. The Morgan fingerprint density at radius 2 is 2.00 bits per heavy atom. The van der Waals surface area contributed by atoms with Gasteiger partial charge in [0.15, 0.2) is 0 Å². The molecule has 7 heteroatoms. The second kappa shape index (κ2) is 12.5. The zero-order chi connectivity index (χ0) is 22.0. The number of aromatic nitrogens is 2.